The van der Waals surface area contributed by atoms with Crippen molar-refractivity contribution < 1.29 is 27.9 Å². The molecule has 0 saturated heterocycles. The fraction of sp³-hybridized carbons (Fsp3) is 0.115. The first-order valence-electron chi connectivity index (χ1n) is 10.9. The lowest BCUT2D eigenvalue weighted by Crippen LogP contribution is -2.46. The van der Waals surface area contributed by atoms with Gasteiger partial charge in [0.1, 0.15) is 6.04 Å². The highest BCUT2D eigenvalue weighted by atomic mass is 19.4. The molecule has 0 saturated carbocycles. The average molecular weight is 494 g/mol. The van der Waals surface area contributed by atoms with Gasteiger partial charge in [0.15, 0.2) is 5.82 Å². The number of alkyl halides is 3. The summed E-state index contributed by atoms with van der Waals surface area (Å²) in [5.74, 6) is -1.03. The van der Waals surface area contributed by atoms with Gasteiger partial charge in [-0.2, -0.15) is 18.3 Å². The van der Waals surface area contributed by atoms with E-state index in [2.05, 4.69) is 20.8 Å². The predicted octanol–water partition coefficient (Wildman–Crippen LogP) is 4.49. The molecule has 1 aromatic heterocycles. The molecule has 0 spiro atoms. The van der Waals surface area contributed by atoms with Crippen LogP contribution in [0.15, 0.2) is 84.9 Å². The lowest BCUT2D eigenvalue weighted by Gasteiger charge is -2.15. The zero-order chi connectivity index (χ0) is 25.7. The molecule has 0 fully saturated rings. The van der Waals surface area contributed by atoms with Crippen molar-refractivity contribution in [2.24, 2.45) is 0 Å². The molecule has 184 valence electrons. The van der Waals surface area contributed by atoms with E-state index in [1.807, 2.05) is 30.3 Å². The lowest BCUT2D eigenvalue weighted by atomic mass is 10.0. The van der Waals surface area contributed by atoms with E-state index >= 15 is 0 Å². The second-order valence-corrected chi connectivity index (χ2v) is 7.88. The van der Waals surface area contributed by atoms with Gasteiger partial charge in [-0.25, -0.2) is 0 Å². The fourth-order valence-corrected chi connectivity index (χ4v) is 3.47. The van der Waals surface area contributed by atoms with Crippen LogP contribution in [0.4, 0.5) is 19.0 Å². The van der Waals surface area contributed by atoms with Gasteiger partial charge in [-0.15, -0.1) is 0 Å². The van der Waals surface area contributed by atoms with Crippen molar-refractivity contribution in [1.82, 2.24) is 15.5 Å². The number of carbonyl (C=O) groups excluding carboxylic acids is 2. The van der Waals surface area contributed by atoms with Gasteiger partial charge in [-0.3, -0.25) is 14.7 Å². The van der Waals surface area contributed by atoms with Crippen LogP contribution in [0, 0.1) is 0 Å². The molecule has 4 rings (SSSR count). The van der Waals surface area contributed by atoms with Crippen molar-refractivity contribution in [1.29, 1.82) is 0 Å². The third-order valence-corrected chi connectivity index (χ3v) is 5.41. The zero-order valence-corrected chi connectivity index (χ0v) is 18.7. The number of aliphatic hydroxyl groups excluding tert-OH is 1. The number of amides is 2. The molecule has 4 aromatic rings. The van der Waals surface area contributed by atoms with Gasteiger partial charge >= 0.3 is 6.18 Å². The molecule has 0 radical (unpaired) electrons. The van der Waals surface area contributed by atoms with Gasteiger partial charge < -0.3 is 15.7 Å². The Labute approximate surface area is 204 Å². The highest BCUT2D eigenvalue weighted by Crippen LogP contribution is 2.31. The maximum absolute atomic E-state index is 12.8. The smallest absolute Gasteiger partial charge is 0.394 e. The Hall–Kier alpha value is -4.44. The zero-order valence-electron chi connectivity index (χ0n) is 18.7. The summed E-state index contributed by atoms with van der Waals surface area (Å²) in [5, 5.41) is 21.5. The van der Waals surface area contributed by atoms with Gasteiger partial charge in [0.2, 0.25) is 0 Å². The van der Waals surface area contributed by atoms with Crippen molar-refractivity contribution in [2.75, 3.05) is 11.9 Å². The molecule has 4 N–H and O–H groups in total. The molecule has 7 nitrogen and oxygen atoms in total. The van der Waals surface area contributed by atoms with Crippen molar-refractivity contribution in [2.45, 2.75) is 12.2 Å². The largest absolute Gasteiger partial charge is 0.416 e. The summed E-state index contributed by atoms with van der Waals surface area (Å²) in [5.41, 5.74) is 2.19. The number of halogens is 3. The number of hydrogen-bond donors (Lipinski definition) is 4. The number of anilines is 1. The maximum Gasteiger partial charge on any atom is 0.416 e. The minimum Gasteiger partial charge on any atom is -0.394 e. The van der Waals surface area contributed by atoms with E-state index in [4.69, 9.17) is 0 Å². The van der Waals surface area contributed by atoms with Gasteiger partial charge in [-0.1, -0.05) is 54.6 Å². The molecule has 10 heteroatoms. The van der Waals surface area contributed by atoms with E-state index in [9.17, 15) is 27.9 Å². The normalized spacial score (nSPS) is 12.1. The molecule has 3 aromatic carbocycles. The highest BCUT2D eigenvalue weighted by Gasteiger charge is 2.30. The SMILES string of the molecule is O=C(NC(CO)C(=O)Nc1cc(-c2ccccc2)[nH]n1)c1ccc(-c2ccc(C(F)(F)F)cc2)cc1. The number of nitrogens with one attached hydrogen (secondary N) is 3. The summed E-state index contributed by atoms with van der Waals surface area (Å²) in [6.45, 7) is -0.642. The van der Waals surface area contributed by atoms with E-state index in [-0.39, 0.29) is 11.4 Å². The van der Waals surface area contributed by atoms with Crippen molar-refractivity contribution in [3.05, 3.63) is 96.1 Å². The van der Waals surface area contributed by atoms with E-state index in [0.29, 0.717) is 16.8 Å². The molecule has 2 amide bonds. The summed E-state index contributed by atoms with van der Waals surface area (Å²) in [6.07, 6.45) is -4.42. The number of aliphatic hydroxyl groups is 1. The molecule has 0 aliphatic rings. The predicted molar refractivity (Wildman–Crippen MR) is 128 cm³/mol. The van der Waals surface area contributed by atoms with E-state index < -0.39 is 36.2 Å². The van der Waals surface area contributed by atoms with Crippen LogP contribution in [-0.2, 0) is 11.0 Å². The first-order valence-corrected chi connectivity index (χ1v) is 10.9. The third-order valence-electron chi connectivity index (χ3n) is 5.41. The van der Waals surface area contributed by atoms with E-state index in [1.165, 1.54) is 24.3 Å². The summed E-state index contributed by atoms with van der Waals surface area (Å²) in [4.78, 5) is 25.2. The van der Waals surface area contributed by atoms with Crippen molar-refractivity contribution in [3.63, 3.8) is 0 Å². The monoisotopic (exact) mass is 494 g/mol. The molecule has 1 unspecified atom stereocenters. The number of rotatable bonds is 7. The Kier molecular flexibility index (Phi) is 7.16. The lowest BCUT2D eigenvalue weighted by molar-refractivity contribution is -0.137. The molecular formula is C26H21F3N4O3. The Bertz CT molecular complexity index is 1340. The third kappa shape index (κ3) is 5.78. The van der Waals surface area contributed by atoms with Crippen molar-refractivity contribution >= 4 is 17.6 Å². The second kappa shape index (κ2) is 10.4. The summed E-state index contributed by atoms with van der Waals surface area (Å²) >= 11 is 0. The van der Waals surface area contributed by atoms with Crippen LogP contribution in [-0.4, -0.2) is 39.8 Å². The number of nitrogens with zero attached hydrogens (tertiary/aromatic N) is 1. The van der Waals surface area contributed by atoms with E-state index in [0.717, 1.165) is 17.7 Å². The molecule has 0 bridgehead atoms. The number of hydrogen-bond acceptors (Lipinski definition) is 4. The summed E-state index contributed by atoms with van der Waals surface area (Å²) in [7, 11) is 0. The summed E-state index contributed by atoms with van der Waals surface area (Å²) < 4.78 is 38.3. The maximum atomic E-state index is 12.8. The first-order chi connectivity index (χ1) is 17.2. The Morgan fingerprint density at radius 3 is 2.08 bits per heavy atom. The minimum atomic E-state index is -4.42. The van der Waals surface area contributed by atoms with Crippen LogP contribution in [0.2, 0.25) is 0 Å². The van der Waals surface area contributed by atoms with Crippen LogP contribution in [0.1, 0.15) is 15.9 Å². The van der Waals surface area contributed by atoms with Gasteiger partial charge in [0.05, 0.1) is 17.9 Å². The van der Waals surface area contributed by atoms with E-state index in [1.54, 1.807) is 18.2 Å². The summed E-state index contributed by atoms with van der Waals surface area (Å²) in [6, 6.07) is 20.5. The van der Waals surface area contributed by atoms with Crippen LogP contribution in [0.3, 0.4) is 0 Å². The highest BCUT2D eigenvalue weighted by molar-refractivity contribution is 6.01. The quantitative estimate of drug-likeness (QED) is 0.304. The Morgan fingerprint density at radius 2 is 1.50 bits per heavy atom. The number of aromatic amines is 1. The number of benzene rings is 3. The first kappa shape index (κ1) is 24.7. The van der Waals surface area contributed by atoms with Gasteiger partial charge in [0.25, 0.3) is 11.8 Å². The topological polar surface area (TPSA) is 107 Å². The Balaban J connectivity index is 1.38. The molecule has 1 atom stereocenters. The average Bonchev–Trinajstić information content (AvgIpc) is 3.35. The van der Waals surface area contributed by atoms with Crippen LogP contribution in [0.25, 0.3) is 22.4 Å². The number of aromatic nitrogens is 2. The number of H-pyrrole nitrogens is 1. The second-order valence-electron chi connectivity index (χ2n) is 7.88. The van der Waals surface area contributed by atoms with Crippen molar-refractivity contribution in [3.8, 4) is 22.4 Å². The van der Waals surface area contributed by atoms with Crippen LogP contribution >= 0.6 is 0 Å². The molecule has 1 heterocycles. The molecule has 0 aliphatic carbocycles. The Morgan fingerprint density at radius 1 is 0.889 bits per heavy atom. The minimum absolute atomic E-state index is 0.211. The van der Waals surface area contributed by atoms with Gasteiger partial charge in [-0.05, 0) is 41.0 Å². The molecule has 36 heavy (non-hydrogen) atoms. The van der Waals surface area contributed by atoms with Crippen LogP contribution < -0.4 is 10.6 Å². The van der Waals surface area contributed by atoms with Gasteiger partial charge in [0, 0.05) is 11.6 Å². The standard InChI is InChI=1S/C26H21F3N4O3/c27-26(28,29)20-12-10-17(11-13-20)16-6-8-19(9-7-16)24(35)30-22(15-34)25(36)31-23-14-21(32-33-23)18-4-2-1-3-5-18/h1-14,22,34H,15H2,(H,30,35)(H2,31,32,33,36). The van der Waals surface area contributed by atoms with Crippen LogP contribution in [0.5, 0.6) is 0 Å². The fourth-order valence-electron chi connectivity index (χ4n) is 3.47. The molecular weight excluding hydrogens is 473 g/mol. The molecule has 0 aliphatic heterocycles. The number of carbonyl (C=O) groups is 2.